The van der Waals surface area contributed by atoms with E-state index in [1.54, 1.807) is 23.4 Å². The molecule has 9 nitrogen and oxygen atoms in total. The number of H-pyrrole nitrogens is 1. The van der Waals surface area contributed by atoms with Crippen LogP contribution in [0.5, 0.6) is 0 Å². The molecule has 0 atom stereocenters. The fourth-order valence-electron chi connectivity index (χ4n) is 3.19. The molecule has 2 aromatic rings. The van der Waals surface area contributed by atoms with Crippen LogP contribution in [0.4, 0.5) is 0 Å². The van der Waals surface area contributed by atoms with Crippen LogP contribution < -0.4 is 5.69 Å². The molecule has 1 aliphatic rings. The summed E-state index contributed by atoms with van der Waals surface area (Å²) in [5.41, 5.74) is 0.663. The van der Waals surface area contributed by atoms with E-state index < -0.39 is 5.69 Å². The minimum atomic E-state index is -0.435. The van der Waals surface area contributed by atoms with Gasteiger partial charge in [-0.2, -0.15) is 5.10 Å². The highest BCUT2D eigenvalue weighted by atomic mass is 16.2. The Labute approximate surface area is 157 Å². The van der Waals surface area contributed by atoms with E-state index in [0.717, 1.165) is 24.8 Å². The van der Waals surface area contributed by atoms with E-state index in [1.165, 1.54) is 10.8 Å². The number of aromatic nitrogens is 4. The molecule has 27 heavy (non-hydrogen) atoms. The maximum atomic E-state index is 12.5. The monoisotopic (exact) mass is 372 g/mol. The standard InChI is InChI=1S/C18H24N6O3/c25-16(5-1-4-15-12-20-21-13-15)22-8-3-9-23(11-10-22)17(26)14-24-7-2-6-19-18(24)27/h2,6-7,12-13H,1,3-5,8-11,14H2,(H,20,21). The quantitative estimate of drug-likeness (QED) is 0.772. The normalized spacial score (nSPS) is 14.8. The number of aryl methyl sites for hydroxylation is 1. The highest BCUT2D eigenvalue weighted by Gasteiger charge is 2.22. The van der Waals surface area contributed by atoms with E-state index in [2.05, 4.69) is 15.2 Å². The lowest BCUT2D eigenvalue weighted by atomic mass is 10.1. The summed E-state index contributed by atoms with van der Waals surface area (Å²) in [6.07, 6.45) is 9.40. The molecular formula is C18H24N6O3. The van der Waals surface area contributed by atoms with Crippen LogP contribution >= 0.6 is 0 Å². The van der Waals surface area contributed by atoms with Gasteiger partial charge in [-0.15, -0.1) is 0 Å². The van der Waals surface area contributed by atoms with Gasteiger partial charge in [-0.1, -0.05) is 0 Å². The summed E-state index contributed by atoms with van der Waals surface area (Å²) >= 11 is 0. The van der Waals surface area contributed by atoms with Crippen LogP contribution in [0.25, 0.3) is 0 Å². The molecule has 0 spiro atoms. The molecule has 2 amide bonds. The summed E-state index contributed by atoms with van der Waals surface area (Å²) in [6, 6.07) is 1.63. The number of nitrogens with one attached hydrogen (secondary N) is 1. The molecule has 0 bridgehead atoms. The fraction of sp³-hybridized carbons (Fsp3) is 0.500. The first-order valence-corrected chi connectivity index (χ1v) is 9.18. The van der Waals surface area contributed by atoms with Crippen LogP contribution in [0.3, 0.4) is 0 Å². The van der Waals surface area contributed by atoms with Crippen molar-refractivity contribution in [1.29, 1.82) is 0 Å². The number of rotatable bonds is 6. The van der Waals surface area contributed by atoms with Gasteiger partial charge < -0.3 is 9.80 Å². The smallest absolute Gasteiger partial charge is 0.341 e. The zero-order valence-electron chi connectivity index (χ0n) is 15.2. The molecule has 1 aliphatic heterocycles. The van der Waals surface area contributed by atoms with E-state index in [1.807, 2.05) is 11.1 Å². The molecule has 0 saturated carbocycles. The van der Waals surface area contributed by atoms with Gasteiger partial charge in [-0.25, -0.2) is 9.78 Å². The van der Waals surface area contributed by atoms with Crippen molar-refractivity contribution >= 4 is 11.8 Å². The number of nitrogens with zero attached hydrogens (tertiary/aromatic N) is 5. The number of carbonyl (C=O) groups excluding carboxylic acids is 2. The van der Waals surface area contributed by atoms with E-state index >= 15 is 0 Å². The minimum absolute atomic E-state index is 0.0225. The highest BCUT2D eigenvalue weighted by molar-refractivity contribution is 5.77. The van der Waals surface area contributed by atoms with Crippen molar-refractivity contribution in [2.45, 2.75) is 32.2 Å². The fourth-order valence-corrected chi connectivity index (χ4v) is 3.19. The van der Waals surface area contributed by atoms with Crippen LogP contribution in [0, 0.1) is 0 Å². The van der Waals surface area contributed by atoms with Crippen molar-refractivity contribution in [2.24, 2.45) is 0 Å². The maximum absolute atomic E-state index is 12.5. The van der Waals surface area contributed by atoms with Crippen molar-refractivity contribution in [1.82, 2.24) is 29.5 Å². The van der Waals surface area contributed by atoms with Gasteiger partial charge in [0.1, 0.15) is 6.54 Å². The summed E-state index contributed by atoms with van der Waals surface area (Å²) in [5.74, 6) is -0.00405. The van der Waals surface area contributed by atoms with Gasteiger partial charge in [-0.05, 0) is 30.9 Å². The van der Waals surface area contributed by atoms with Crippen molar-refractivity contribution in [3.63, 3.8) is 0 Å². The number of aromatic amines is 1. The number of carbonyl (C=O) groups is 2. The Morgan fingerprint density at radius 1 is 1.11 bits per heavy atom. The van der Waals surface area contributed by atoms with Crippen molar-refractivity contribution in [3.05, 3.63) is 46.9 Å². The van der Waals surface area contributed by atoms with E-state index in [9.17, 15) is 14.4 Å². The first kappa shape index (κ1) is 18.8. The Balaban J connectivity index is 1.46. The van der Waals surface area contributed by atoms with Gasteiger partial charge in [0.05, 0.1) is 6.20 Å². The Bertz CT molecular complexity index is 817. The number of hydrogen-bond acceptors (Lipinski definition) is 5. The first-order valence-electron chi connectivity index (χ1n) is 9.18. The maximum Gasteiger partial charge on any atom is 0.347 e. The molecule has 1 saturated heterocycles. The number of amides is 2. The van der Waals surface area contributed by atoms with E-state index in [4.69, 9.17) is 0 Å². The van der Waals surface area contributed by atoms with Gasteiger partial charge >= 0.3 is 5.69 Å². The van der Waals surface area contributed by atoms with Crippen LogP contribution in [0.15, 0.2) is 35.6 Å². The average Bonchev–Trinajstić information content (AvgIpc) is 3.05. The molecule has 0 aliphatic carbocycles. The Kier molecular flexibility index (Phi) is 6.35. The molecule has 144 valence electrons. The lowest BCUT2D eigenvalue weighted by Gasteiger charge is -2.22. The predicted molar refractivity (Wildman–Crippen MR) is 97.8 cm³/mol. The summed E-state index contributed by atoms with van der Waals surface area (Å²) in [6.45, 7) is 2.23. The van der Waals surface area contributed by atoms with Gasteiger partial charge in [0.15, 0.2) is 0 Å². The minimum Gasteiger partial charge on any atom is -0.341 e. The van der Waals surface area contributed by atoms with E-state index in [0.29, 0.717) is 32.6 Å². The molecule has 0 aromatic carbocycles. The van der Waals surface area contributed by atoms with Crippen LogP contribution in [0.2, 0.25) is 0 Å². The zero-order valence-corrected chi connectivity index (χ0v) is 15.2. The molecule has 9 heteroatoms. The SMILES string of the molecule is O=C(CCCc1cn[nH]c1)N1CCCN(C(=O)Cn2cccnc2=O)CC1. The largest absolute Gasteiger partial charge is 0.347 e. The zero-order chi connectivity index (χ0) is 19.1. The third-order valence-electron chi connectivity index (χ3n) is 4.70. The molecule has 2 aromatic heterocycles. The lowest BCUT2D eigenvalue weighted by molar-refractivity contribution is -0.134. The summed E-state index contributed by atoms with van der Waals surface area (Å²) in [4.78, 5) is 43.8. The molecule has 3 heterocycles. The second-order valence-corrected chi connectivity index (χ2v) is 6.61. The van der Waals surface area contributed by atoms with Gasteiger partial charge in [0, 0.05) is 51.2 Å². The van der Waals surface area contributed by atoms with Crippen LogP contribution in [-0.2, 0) is 22.6 Å². The summed E-state index contributed by atoms with van der Waals surface area (Å²) < 4.78 is 1.30. The Morgan fingerprint density at radius 2 is 1.89 bits per heavy atom. The molecular weight excluding hydrogens is 348 g/mol. The summed E-state index contributed by atoms with van der Waals surface area (Å²) in [5, 5.41) is 6.67. The van der Waals surface area contributed by atoms with Crippen LogP contribution in [-0.4, -0.2) is 67.5 Å². The summed E-state index contributed by atoms with van der Waals surface area (Å²) in [7, 11) is 0. The Morgan fingerprint density at radius 3 is 2.59 bits per heavy atom. The third kappa shape index (κ3) is 5.25. The first-order chi connectivity index (χ1) is 13.1. The number of hydrogen-bond donors (Lipinski definition) is 1. The predicted octanol–water partition coefficient (Wildman–Crippen LogP) is 0.0502. The molecule has 1 N–H and O–H groups in total. The highest BCUT2D eigenvalue weighted by Crippen LogP contribution is 2.09. The third-order valence-corrected chi connectivity index (χ3v) is 4.70. The van der Waals surface area contributed by atoms with Gasteiger partial charge in [-0.3, -0.25) is 19.3 Å². The Hall–Kier alpha value is -2.97. The van der Waals surface area contributed by atoms with Crippen molar-refractivity contribution in [3.8, 4) is 0 Å². The second kappa shape index (κ2) is 9.11. The molecule has 1 fully saturated rings. The molecule has 0 radical (unpaired) electrons. The van der Waals surface area contributed by atoms with Crippen molar-refractivity contribution < 1.29 is 9.59 Å². The van der Waals surface area contributed by atoms with E-state index in [-0.39, 0.29) is 18.4 Å². The second-order valence-electron chi connectivity index (χ2n) is 6.61. The molecule has 0 unspecified atom stereocenters. The van der Waals surface area contributed by atoms with Crippen LogP contribution in [0.1, 0.15) is 24.8 Å². The average molecular weight is 372 g/mol. The molecule has 3 rings (SSSR count). The lowest BCUT2D eigenvalue weighted by Crippen LogP contribution is -2.40. The topological polar surface area (TPSA) is 104 Å². The van der Waals surface area contributed by atoms with Gasteiger partial charge in [0.2, 0.25) is 11.8 Å². The van der Waals surface area contributed by atoms with Crippen molar-refractivity contribution in [2.75, 3.05) is 26.2 Å². The van der Waals surface area contributed by atoms with Gasteiger partial charge in [0.25, 0.3) is 0 Å².